The molecule has 0 aliphatic rings. The van der Waals surface area contributed by atoms with Gasteiger partial charge in [0.05, 0.1) is 29.6 Å². The van der Waals surface area contributed by atoms with E-state index in [1.165, 1.54) is 18.0 Å². The van der Waals surface area contributed by atoms with Crippen LogP contribution in [0.4, 0.5) is 0 Å². The first-order chi connectivity index (χ1) is 15.5. The summed E-state index contributed by atoms with van der Waals surface area (Å²) < 4.78 is 6.47. The number of ether oxygens (including phenoxy) is 1. The molecule has 4 aromatic rings. The second-order valence-electron chi connectivity index (χ2n) is 6.86. The number of hydrogen-bond donors (Lipinski definition) is 2. The van der Waals surface area contributed by atoms with Crippen molar-refractivity contribution in [3.05, 3.63) is 70.7 Å². The predicted molar refractivity (Wildman–Crippen MR) is 133 cm³/mol. The molecule has 6 nitrogen and oxygen atoms in total. The Morgan fingerprint density at radius 2 is 1.97 bits per heavy atom. The van der Waals surface area contributed by atoms with Gasteiger partial charge in [0, 0.05) is 25.7 Å². The number of thioether (sulfide) groups is 1. The van der Waals surface area contributed by atoms with Crippen LogP contribution in [0.5, 0.6) is 11.5 Å². The summed E-state index contributed by atoms with van der Waals surface area (Å²) in [5.41, 5.74) is 4.74. The summed E-state index contributed by atoms with van der Waals surface area (Å²) in [5, 5.41) is 15.8. The highest BCUT2D eigenvalue weighted by molar-refractivity contribution is 9.10. The van der Waals surface area contributed by atoms with E-state index in [2.05, 4.69) is 26.5 Å². The van der Waals surface area contributed by atoms with Crippen molar-refractivity contribution >= 4 is 61.6 Å². The van der Waals surface area contributed by atoms with Gasteiger partial charge in [-0.25, -0.2) is 10.4 Å². The number of halogens is 1. The van der Waals surface area contributed by atoms with Crippen LogP contribution in [0.25, 0.3) is 21.8 Å². The maximum Gasteiger partial charge on any atom is 0.250 e. The number of pyridine rings is 1. The first-order valence-electron chi connectivity index (χ1n) is 9.93. The number of phenols is 1. The predicted octanol–water partition coefficient (Wildman–Crippen LogP) is 5.50. The fourth-order valence-corrected chi connectivity index (χ4v) is 4.58. The molecule has 0 atom stereocenters. The van der Waals surface area contributed by atoms with Crippen molar-refractivity contribution in [2.75, 3.05) is 12.4 Å². The third kappa shape index (κ3) is 5.03. The fourth-order valence-electron chi connectivity index (χ4n) is 3.22. The highest BCUT2D eigenvalue weighted by atomic mass is 79.9. The van der Waals surface area contributed by atoms with Gasteiger partial charge in [-0.1, -0.05) is 34.1 Å². The molecule has 0 bridgehead atoms. The lowest BCUT2D eigenvalue weighted by Gasteiger charge is -2.12. The second kappa shape index (κ2) is 10.0. The standard InChI is InChI=1S/C24H20BrN3O3S/c1-2-31-17-8-9-21-19(12-17)24(18-5-3-4-6-20(18)27-21)32-14-23(30)28-26-13-15-11-16(25)7-10-22(15)29/h3-13,29H,2,14H2,1H3,(H,28,30)/b26-13+. The van der Waals surface area contributed by atoms with Crippen molar-refractivity contribution in [2.24, 2.45) is 5.10 Å². The van der Waals surface area contributed by atoms with Crippen LogP contribution < -0.4 is 10.2 Å². The average molecular weight is 510 g/mol. The van der Waals surface area contributed by atoms with E-state index in [1.807, 2.05) is 49.4 Å². The van der Waals surface area contributed by atoms with Gasteiger partial charge in [0.25, 0.3) is 0 Å². The minimum Gasteiger partial charge on any atom is -0.507 e. The zero-order valence-electron chi connectivity index (χ0n) is 17.2. The number of aromatic hydroxyl groups is 1. The van der Waals surface area contributed by atoms with Gasteiger partial charge < -0.3 is 9.84 Å². The maximum absolute atomic E-state index is 12.4. The Bertz CT molecular complexity index is 1330. The summed E-state index contributed by atoms with van der Waals surface area (Å²) in [6.45, 7) is 2.51. The third-order valence-corrected chi connectivity index (χ3v) is 6.27. The van der Waals surface area contributed by atoms with Crippen molar-refractivity contribution in [1.29, 1.82) is 0 Å². The van der Waals surface area contributed by atoms with Gasteiger partial charge in [-0.2, -0.15) is 5.10 Å². The van der Waals surface area contributed by atoms with E-state index in [1.54, 1.807) is 18.2 Å². The summed E-state index contributed by atoms with van der Waals surface area (Å²) in [7, 11) is 0. The first kappa shape index (κ1) is 22.1. The number of nitrogens with one attached hydrogen (secondary N) is 1. The van der Waals surface area contributed by atoms with Gasteiger partial charge in [-0.3, -0.25) is 4.79 Å². The van der Waals surface area contributed by atoms with Crippen LogP contribution in [0, 0.1) is 0 Å². The van der Waals surface area contributed by atoms with Gasteiger partial charge in [0.1, 0.15) is 11.5 Å². The van der Waals surface area contributed by atoms with Crippen LogP contribution in [0.1, 0.15) is 12.5 Å². The Morgan fingerprint density at radius 3 is 2.81 bits per heavy atom. The molecule has 0 aliphatic heterocycles. The molecule has 0 unspecified atom stereocenters. The molecule has 32 heavy (non-hydrogen) atoms. The molecule has 1 amide bonds. The number of aromatic nitrogens is 1. The molecule has 3 aromatic carbocycles. The van der Waals surface area contributed by atoms with E-state index in [9.17, 15) is 9.90 Å². The number of fused-ring (bicyclic) bond motifs is 2. The largest absolute Gasteiger partial charge is 0.507 e. The number of nitrogens with zero attached hydrogens (tertiary/aromatic N) is 2. The second-order valence-corrected chi connectivity index (χ2v) is 8.76. The lowest BCUT2D eigenvalue weighted by molar-refractivity contribution is -0.118. The van der Waals surface area contributed by atoms with Crippen LogP contribution in [-0.4, -0.2) is 34.6 Å². The first-order valence-corrected chi connectivity index (χ1v) is 11.7. The lowest BCUT2D eigenvalue weighted by atomic mass is 10.1. The minimum absolute atomic E-state index is 0.0837. The highest BCUT2D eigenvalue weighted by Crippen LogP contribution is 2.35. The van der Waals surface area contributed by atoms with Crippen molar-refractivity contribution in [2.45, 2.75) is 11.8 Å². The van der Waals surface area contributed by atoms with Gasteiger partial charge >= 0.3 is 0 Å². The number of benzene rings is 3. The number of carbonyl (C=O) groups excluding carboxylic acids is 1. The molecule has 0 radical (unpaired) electrons. The molecule has 1 aromatic heterocycles. The molecule has 0 saturated heterocycles. The Hall–Kier alpha value is -3.10. The van der Waals surface area contributed by atoms with Crippen LogP contribution in [0.15, 0.2) is 75.1 Å². The molecule has 162 valence electrons. The quantitative estimate of drug-likeness (QED) is 0.149. The zero-order valence-corrected chi connectivity index (χ0v) is 19.6. The van der Waals surface area contributed by atoms with E-state index in [0.29, 0.717) is 12.2 Å². The normalized spacial score (nSPS) is 11.3. The average Bonchev–Trinajstić information content (AvgIpc) is 2.79. The molecule has 0 fully saturated rings. The monoisotopic (exact) mass is 509 g/mol. The fraction of sp³-hybridized carbons (Fsp3) is 0.125. The Labute approximate surface area is 197 Å². The number of hydrogen-bond acceptors (Lipinski definition) is 6. The highest BCUT2D eigenvalue weighted by Gasteiger charge is 2.12. The summed E-state index contributed by atoms with van der Waals surface area (Å²) in [5.74, 6) is 0.766. The van der Waals surface area contributed by atoms with Crippen LogP contribution in [-0.2, 0) is 4.79 Å². The molecule has 2 N–H and O–H groups in total. The number of carbonyl (C=O) groups is 1. The Balaban J connectivity index is 1.55. The summed E-state index contributed by atoms with van der Waals surface area (Å²) >= 11 is 4.77. The molecular formula is C24H20BrN3O3S. The van der Waals surface area contributed by atoms with E-state index >= 15 is 0 Å². The van der Waals surface area contributed by atoms with E-state index in [-0.39, 0.29) is 17.4 Å². The van der Waals surface area contributed by atoms with Crippen molar-refractivity contribution in [3.8, 4) is 11.5 Å². The van der Waals surface area contributed by atoms with Gasteiger partial charge in [0.2, 0.25) is 5.91 Å². The topological polar surface area (TPSA) is 83.8 Å². The lowest BCUT2D eigenvalue weighted by Crippen LogP contribution is -2.19. The molecule has 0 saturated carbocycles. The van der Waals surface area contributed by atoms with Crippen molar-refractivity contribution < 1.29 is 14.6 Å². The smallest absolute Gasteiger partial charge is 0.250 e. The number of hydrazone groups is 1. The number of amides is 1. The van der Waals surface area contributed by atoms with Gasteiger partial charge in [-0.05, 0) is 49.4 Å². The number of rotatable bonds is 7. The van der Waals surface area contributed by atoms with E-state index < -0.39 is 0 Å². The van der Waals surface area contributed by atoms with E-state index in [0.717, 1.165) is 36.9 Å². The number of para-hydroxylation sites is 1. The van der Waals surface area contributed by atoms with Crippen LogP contribution in [0.3, 0.4) is 0 Å². The maximum atomic E-state index is 12.4. The molecule has 1 heterocycles. The number of phenolic OH excluding ortho intramolecular Hbond substituents is 1. The summed E-state index contributed by atoms with van der Waals surface area (Å²) in [6.07, 6.45) is 1.41. The van der Waals surface area contributed by atoms with Crippen LogP contribution in [0.2, 0.25) is 0 Å². The molecule has 0 aliphatic carbocycles. The Morgan fingerprint density at radius 1 is 1.16 bits per heavy atom. The molecule has 4 rings (SSSR count). The molecular weight excluding hydrogens is 490 g/mol. The molecule has 8 heteroatoms. The van der Waals surface area contributed by atoms with Crippen LogP contribution >= 0.6 is 27.7 Å². The zero-order chi connectivity index (χ0) is 22.5. The summed E-state index contributed by atoms with van der Waals surface area (Å²) in [4.78, 5) is 18.2. The van der Waals surface area contributed by atoms with E-state index in [4.69, 9.17) is 9.72 Å². The molecule has 0 spiro atoms. The third-order valence-electron chi connectivity index (χ3n) is 4.64. The van der Waals surface area contributed by atoms with Crippen molar-refractivity contribution in [3.63, 3.8) is 0 Å². The summed E-state index contributed by atoms with van der Waals surface area (Å²) in [6, 6.07) is 18.7. The minimum atomic E-state index is -0.254. The Kier molecular flexibility index (Phi) is 6.92. The van der Waals surface area contributed by atoms with Gasteiger partial charge in [-0.15, -0.1) is 11.8 Å². The SMILES string of the molecule is CCOc1ccc2nc3ccccc3c(SCC(=O)N/N=C/c3cc(Br)ccc3O)c2c1. The van der Waals surface area contributed by atoms with Crippen molar-refractivity contribution in [1.82, 2.24) is 10.4 Å². The van der Waals surface area contributed by atoms with Gasteiger partial charge in [0.15, 0.2) is 0 Å².